The van der Waals surface area contributed by atoms with Crippen molar-refractivity contribution in [1.82, 2.24) is 9.80 Å². The van der Waals surface area contributed by atoms with Crippen LogP contribution in [0, 0.1) is 5.92 Å². The minimum Gasteiger partial charge on any atom is -0.306 e. The minimum atomic E-state index is 0.839. The Morgan fingerprint density at radius 1 is 0.765 bits per heavy atom. The molecule has 100 valence electrons. The zero-order chi connectivity index (χ0) is 12.3. The molecule has 2 saturated carbocycles. The molecule has 2 heteroatoms. The molecule has 0 atom stereocenters. The van der Waals surface area contributed by atoms with Crippen LogP contribution >= 0.6 is 0 Å². The van der Waals surface area contributed by atoms with E-state index in [1.165, 1.54) is 57.9 Å². The predicted octanol–water partition coefficient (Wildman–Crippen LogP) is 2.98. The first kappa shape index (κ1) is 13.4. The Bertz CT molecular complexity index is 213. The summed E-state index contributed by atoms with van der Waals surface area (Å²) >= 11 is 0. The van der Waals surface area contributed by atoms with Gasteiger partial charge in [0.1, 0.15) is 0 Å². The summed E-state index contributed by atoms with van der Waals surface area (Å²) in [5.41, 5.74) is 0. The van der Waals surface area contributed by atoms with Crippen molar-refractivity contribution in [1.29, 1.82) is 0 Å². The van der Waals surface area contributed by atoms with Crippen molar-refractivity contribution in [2.75, 3.05) is 27.7 Å². The van der Waals surface area contributed by atoms with Gasteiger partial charge in [0.05, 0.1) is 0 Å². The van der Waals surface area contributed by atoms with Crippen molar-refractivity contribution in [3.63, 3.8) is 0 Å². The molecule has 0 radical (unpaired) electrons. The van der Waals surface area contributed by atoms with Crippen LogP contribution in [0.3, 0.4) is 0 Å². The fraction of sp³-hybridized carbons (Fsp3) is 1.00. The molecule has 0 amide bonds. The number of hydrogen-bond acceptors (Lipinski definition) is 2. The van der Waals surface area contributed by atoms with Gasteiger partial charge in [-0.15, -0.1) is 0 Å². The second-order valence-electron chi connectivity index (χ2n) is 6.52. The molecular weight excluding hydrogens is 208 g/mol. The molecule has 2 nitrogen and oxygen atoms in total. The lowest BCUT2D eigenvalue weighted by Gasteiger charge is -2.38. The van der Waals surface area contributed by atoms with Crippen LogP contribution in [0.1, 0.15) is 51.4 Å². The maximum atomic E-state index is 2.67. The largest absolute Gasteiger partial charge is 0.306 e. The van der Waals surface area contributed by atoms with E-state index in [2.05, 4.69) is 30.9 Å². The lowest BCUT2D eigenvalue weighted by atomic mass is 9.89. The second kappa shape index (κ2) is 6.19. The summed E-state index contributed by atoms with van der Waals surface area (Å²) in [7, 11) is 6.82. The van der Waals surface area contributed by atoms with Crippen LogP contribution in [0.25, 0.3) is 0 Å². The molecule has 2 rings (SSSR count). The smallest absolute Gasteiger partial charge is 0.00934 e. The minimum absolute atomic E-state index is 0.839. The number of rotatable bonds is 4. The molecule has 0 saturated heterocycles. The first-order chi connectivity index (χ1) is 8.16. The van der Waals surface area contributed by atoms with Crippen LogP contribution in [0.2, 0.25) is 0 Å². The average Bonchev–Trinajstić information content (AvgIpc) is 2.82. The van der Waals surface area contributed by atoms with E-state index in [0.717, 1.165) is 18.0 Å². The quantitative estimate of drug-likeness (QED) is 0.743. The van der Waals surface area contributed by atoms with Crippen LogP contribution in [-0.4, -0.2) is 49.6 Å². The molecule has 0 bridgehead atoms. The lowest BCUT2D eigenvalue weighted by molar-refractivity contribution is 0.125. The second-order valence-corrected chi connectivity index (χ2v) is 6.52. The maximum Gasteiger partial charge on any atom is 0.00934 e. The van der Waals surface area contributed by atoms with E-state index in [0.29, 0.717) is 0 Å². The third-order valence-electron chi connectivity index (χ3n) is 5.04. The van der Waals surface area contributed by atoms with Crippen molar-refractivity contribution in [2.45, 2.75) is 63.5 Å². The van der Waals surface area contributed by atoms with Gasteiger partial charge in [0.25, 0.3) is 0 Å². The summed E-state index contributed by atoms with van der Waals surface area (Å²) < 4.78 is 0. The summed E-state index contributed by atoms with van der Waals surface area (Å²) in [4.78, 5) is 5.08. The molecule has 0 aromatic heterocycles. The summed E-state index contributed by atoms with van der Waals surface area (Å²) in [5.74, 6) is 1.01. The summed E-state index contributed by atoms with van der Waals surface area (Å²) in [6, 6.07) is 1.71. The van der Waals surface area contributed by atoms with Gasteiger partial charge in [0.2, 0.25) is 0 Å². The Hall–Kier alpha value is -0.0800. The molecule has 0 aromatic carbocycles. The van der Waals surface area contributed by atoms with Gasteiger partial charge in [-0.3, -0.25) is 0 Å². The molecule has 0 spiro atoms. The topological polar surface area (TPSA) is 6.48 Å². The first-order valence-corrected chi connectivity index (χ1v) is 7.53. The molecule has 0 N–H and O–H groups in total. The summed E-state index contributed by atoms with van der Waals surface area (Å²) in [5, 5.41) is 0. The van der Waals surface area contributed by atoms with Gasteiger partial charge >= 0.3 is 0 Å². The van der Waals surface area contributed by atoms with E-state index in [1.807, 2.05) is 0 Å². The van der Waals surface area contributed by atoms with Gasteiger partial charge in [0, 0.05) is 18.6 Å². The Morgan fingerprint density at radius 3 is 1.82 bits per heavy atom. The highest BCUT2D eigenvalue weighted by molar-refractivity contribution is 4.83. The van der Waals surface area contributed by atoms with Gasteiger partial charge in [-0.1, -0.05) is 12.8 Å². The van der Waals surface area contributed by atoms with Crippen molar-refractivity contribution in [3.8, 4) is 0 Å². The standard InChI is InChI=1S/C15H30N2/c1-16(2)14-8-10-15(11-9-14)17(3)12-13-6-4-5-7-13/h13-15H,4-12H2,1-3H3. The van der Waals surface area contributed by atoms with Gasteiger partial charge in [-0.25, -0.2) is 0 Å². The van der Waals surface area contributed by atoms with Crippen molar-refractivity contribution >= 4 is 0 Å². The van der Waals surface area contributed by atoms with E-state index < -0.39 is 0 Å². The fourth-order valence-electron chi connectivity index (χ4n) is 3.76. The number of nitrogens with zero attached hydrogens (tertiary/aromatic N) is 2. The van der Waals surface area contributed by atoms with Crippen molar-refractivity contribution < 1.29 is 0 Å². The fourth-order valence-corrected chi connectivity index (χ4v) is 3.76. The average molecular weight is 238 g/mol. The highest BCUT2D eigenvalue weighted by atomic mass is 15.1. The van der Waals surface area contributed by atoms with Gasteiger partial charge in [-0.05, 0) is 65.6 Å². The van der Waals surface area contributed by atoms with E-state index in [4.69, 9.17) is 0 Å². The van der Waals surface area contributed by atoms with Gasteiger partial charge < -0.3 is 9.80 Å². The van der Waals surface area contributed by atoms with Crippen LogP contribution < -0.4 is 0 Å². The Labute approximate surface area is 107 Å². The van der Waals surface area contributed by atoms with Gasteiger partial charge in [0.15, 0.2) is 0 Å². The predicted molar refractivity (Wildman–Crippen MR) is 74.3 cm³/mol. The summed E-state index contributed by atoms with van der Waals surface area (Å²) in [6.45, 7) is 1.36. The molecule has 2 fully saturated rings. The monoisotopic (exact) mass is 238 g/mol. The van der Waals surface area contributed by atoms with E-state index >= 15 is 0 Å². The van der Waals surface area contributed by atoms with Gasteiger partial charge in [-0.2, -0.15) is 0 Å². The lowest BCUT2D eigenvalue weighted by Crippen LogP contribution is -2.41. The molecule has 17 heavy (non-hydrogen) atoms. The highest BCUT2D eigenvalue weighted by Gasteiger charge is 2.26. The molecule has 0 aromatic rings. The van der Waals surface area contributed by atoms with Crippen LogP contribution in [0.5, 0.6) is 0 Å². The Balaban J connectivity index is 1.71. The van der Waals surface area contributed by atoms with Crippen molar-refractivity contribution in [2.24, 2.45) is 5.92 Å². The molecular formula is C15H30N2. The Morgan fingerprint density at radius 2 is 1.29 bits per heavy atom. The maximum absolute atomic E-state index is 2.67. The van der Waals surface area contributed by atoms with Crippen LogP contribution in [-0.2, 0) is 0 Å². The summed E-state index contributed by atoms with van der Waals surface area (Å²) in [6.07, 6.45) is 11.5. The van der Waals surface area contributed by atoms with Crippen molar-refractivity contribution in [3.05, 3.63) is 0 Å². The SMILES string of the molecule is CN(C)C1CCC(N(C)CC2CCCC2)CC1. The number of hydrogen-bond donors (Lipinski definition) is 0. The zero-order valence-corrected chi connectivity index (χ0v) is 12.0. The molecule has 0 aliphatic heterocycles. The third kappa shape index (κ3) is 3.69. The first-order valence-electron chi connectivity index (χ1n) is 7.53. The normalized spacial score (nSPS) is 31.6. The van der Waals surface area contributed by atoms with E-state index in [9.17, 15) is 0 Å². The Kier molecular flexibility index (Phi) is 4.87. The molecule has 2 aliphatic carbocycles. The molecule has 2 aliphatic rings. The van der Waals surface area contributed by atoms with E-state index in [-0.39, 0.29) is 0 Å². The van der Waals surface area contributed by atoms with Crippen LogP contribution in [0.4, 0.5) is 0 Å². The zero-order valence-electron chi connectivity index (χ0n) is 12.0. The third-order valence-corrected chi connectivity index (χ3v) is 5.04. The van der Waals surface area contributed by atoms with Crippen LogP contribution in [0.15, 0.2) is 0 Å². The highest BCUT2D eigenvalue weighted by Crippen LogP contribution is 2.29. The molecule has 0 heterocycles. The molecule has 0 unspecified atom stereocenters. The van der Waals surface area contributed by atoms with E-state index in [1.54, 1.807) is 0 Å².